The summed E-state index contributed by atoms with van der Waals surface area (Å²) >= 11 is 1.14. The van der Waals surface area contributed by atoms with E-state index >= 15 is 0 Å². The highest BCUT2D eigenvalue weighted by Gasteiger charge is 2.22. The Morgan fingerprint density at radius 2 is 2.00 bits per heavy atom. The lowest BCUT2D eigenvalue weighted by Gasteiger charge is -2.21. The van der Waals surface area contributed by atoms with Crippen molar-refractivity contribution in [3.05, 3.63) is 27.1 Å². The van der Waals surface area contributed by atoms with E-state index in [0.717, 1.165) is 37.0 Å². The molecule has 1 fully saturated rings. The highest BCUT2D eigenvalue weighted by molar-refractivity contribution is 7.20. The van der Waals surface area contributed by atoms with Gasteiger partial charge in [-0.25, -0.2) is 9.78 Å². The van der Waals surface area contributed by atoms with Crippen LogP contribution in [-0.4, -0.2) is 34.2 Å². The average Bonchev–Trinajstić information content (AvgIpc) is 3.00. The van der Waals surface area contributed by atoms with E-state index in [1.54, 1.807) is 6.92 Å². The van der Waals surface area contributed by atoms with Gasteiger partial charge in [-0.3, -0.25) is 14.2 Å². The van der Waals surface area contributed by atoms with Crippen LogP contribution in [0.4, 0.5) is 0 Å². The third-order valence-electron chi connectivity index (χ3n) is 4.80. The van der Waals surface area contributed by atoms with Gasteiger partial charge < -0.3 is 9.47 Å². The number of rotatable bonds is 6. The number of ether oxygens (including phenoxy) is 2. The first-order chi connectivity index (χ1) is 13.4. The van der Waals surface area contributed by atoms with E-state index < -0.39 is 11.9 Å². The topological polar surface area (TPSA) is 87.5 Å². The fourth-order valence-electron chi connectivity index (χ4n) is 3.32. The van der Waals surface area contributed by atoms with Gasteiger partial charge in [0, 0.05) is 0 Å². The first-order valence-electron chi connectivity index (χ1n) is 9.72. The van der Waals surface area contributed by atoms with Crippen molar-refractivity contribution in [3.8, 4) is 0 Å². The predicted octanol–water partition coefficient (Wildman–Crippen LogP) is 3.46. The Bertz CT molecular complexity index is 925. The van der Waals surface area contributed by atoms with Crippen LogP contribution in [0.1, 0.15) is 61.2 Å². The lowest BCUT2D eigenvalue weighted by molar-refractivity contribution is -0.151. The summed E-state index contributed by atoms with van der Waals surface area (Å²) in [5, 5.41) is 0.356. The van der Waals surface area contributed by atoms with Gasteiger partial charge in [0.05, 0.1) is 18.3 Å². The number of aryl methyl sites for hydroxylation is 1. The van der Waals surface area contributed by atoms with Gasteiger partial charge in [0.1, 0.15) is 22.4 Å². The van der Waals surface area contributed by atoms with Crippen LogP contribution in [0.2, 0.25) is 0 Å². The van der Waals surface area contributed by atoms with Crippen molar-refractivity contribution >= 4 is 33.5 Å². The molecule has 152 valence electrons. The summed E-state index contributed by atoms with van der Waals surface area (Å²) in [6.07, 6.45) is 6.34. The number of carbonyl (C=O) groups excluding carboxylic acids is 2. The molecule has 0 bridgehead atoms. The molecule has 0 N–H and O–H groups in total. The maximum Gasteiger partial charge on any atom is 0.348 e. The van der Waals surface area contributed by atoms with Crippen LogP contribution in [0, 0.1) is 12.8 Å². The molecule has 7 nitrogen and oxygen atoms in total. The molecule has 1 aliphatic carbocycles. The van der Waals surface area contributed by atoms with Crippen molar-refractivity contribution in [3.63, 3.8) is 0 Å². The maximum atomic E-state index is 12.8. The maximum absolute atomic E-state index is 12.8. The zero-order valence-corrected chi connectivity index (χ0v) is 17.3. The second-order valence-corrected chi connectivity index (χ2v) is 8.66. The molecule has 2 aromatic heterocycles. The number of hydrogen-bond acceptors (Lipinski definition) is 7. The van der Waals surface area contributed by atoms with Gasteiger partial charge in [0.25, 0.3) is 5.56 Å². The molecule has 0 amide bonds. The minimum absolute atomic E-state index is 0.0566. The monoisotopic (exact) mass is 406 g/mol. The lowest BCUT2D eigenvalue weighted by atomic mass is 9.98. The van der Waals surface area contributed by atoms with Crippen molar-refractivity contribution in [1.29, 1.82) is 0 Å². The Kier molecular flexibility index (Phi) is 6.49. The van der Waals surface area contributed by atoms with Crippen molar-refractivity contribution in [2.75, 3.05) is 6.61 Å². The van der Waals surface area contributed by atoms with E-state index in [9.17, 15) is 14.4 Å². The van der Waals surface area contributed by atoms with Crippen LogP contribution in [0.25, 0.3) is 10.2 Å². The molecule has 3 rings (SSSR count). The van der Waals surface area contributed by atoms with E-state index in [4.69, 9.17) is 9.47 Å². The van der Waals surface area contributed by atoms with E-state index in [-0.39, 0.29) is 24.1 Å². The summed E-state index contributed by atoms with van der Waals surface area (Å²) in [6, 6.07) is 0. The van der Waals surface area contributed by atoms with Crippen LogP contribution < -0.4 is 5.56 Å². The van der Waals surface area contributed by atoms with Crippen molar-refractivity contribution in [2.45, 2.75) is 65.5 Å². The fraction of sp³-hybridized carbons (Fsp3) is 0.600. The van der Waals surface area contributed by atoms with Gasteiger partial charge in [-0.05, 0) is 44.1 Å². The van der Waals surface area contributed by atoms with Gasteiger partial charge in [-0.1, -0.05) is 20.3 Å². The summed E-state index contributed by atoms with van der Waals surface area (Å²) in [5.41, 5.74) is 0.198. The summed E-state index contributed by atoms with van der Waals surface area (Å²) in [4.78, 5) is 42.5. The smallest absolute Gasteiger partial charge is 0.348 e. The minimum atomic E-state index is -0.447. The first kappa shape index (κ1) is 20.5. The van der Waals surface area contributed by atoms with Crippen molar-refractivity contribution < 1.29 is 19.1 Å². The number of fused-ring (bicyclic) bond motifs is 1. The van der Waals surface area contributed by atoms with Crippen molar-refractivity contribution in [1.82, 2.24) is 9.55 Å². The second-order valence-electron chi connectivity index (χ2n) is 7.66. The number of thiophene rings is 1. The molecular weight excluding hydrogens is 380 g/mol. The SMILES string of the molecule is Cc1c(C(=O)OCC(C)C)sc2ncn(CC(=O)OC3CCCCC3)c(=O)c12. The molecule has 1 aliphatic rings. The van der Waals surface area contributed by atoms with Gasteiger partial charge in [0.2, 0.25) is 0 Å². The fourth-order valence-corrected chi connectivity index (χ4v) is 4.35. The van der Waals surface area contributed by atoms with Crippen LogP contribution in [-0.2, 0) is 20.8 Å². The van der Waals surface area contributed by atoms with Gasteiger partial charge in [0.15, 0.2) is 0 Å². The normalized spacial score (nSPS) is 15.1. The zero-order chi connectivity index (χ0) is 20.3. The molecule has 0 radical (unpaired) electrons. The van der Waals surface area contributed by atoms with E-state index in [2.05, 4.69) is 4.98 Å². The lowest BCUT2D eigenvalue weighted by Crippen LogP contribution is -2.29. The van der Waals surface area contributed by atoms with Crippen LogP contribution in [0.5, 0.6) is 0 Å². The highest BCUT2D eigenvalue weighted by Crippen LogP contribution is 2.27. The molecule has 0 atom stereocenters. The van der Waals surface area contributed by atoms with E-state index in [1.807, 2.05) is 13.8 Å². The number of esters is 2. The van der Waals surface area contributed by atoms with Crippen molar-refractivity contribution in [2.24, 2.45) is 5.92 Å². The van der Waals surface area contributed by atoms with E-state index in [0.29, 0.717) is 27.3 Å². The summed E-state index contributed by atoms with van der Waals surface area (Å²) < 4.78 is 12.0. The molecule has 0 spiro atoms. The van der Waals surface area contributed by atoms with Crippen LogP contribution >= 0.6 is 11.3 Å². The van der Waals surface area contributed by atoms with E-state index in [1.165, 1.54) is 17.3 Å². The zero-order valence-electron chi connectivity index (χ0n) is 16.5. The Morgan fingerprint density at radius 1 is 1.29 bits per heavy atom. The quantitative estimate of drug-likeness (QED) is 0.683. The first-order valence-corrected chi connectivity index (χ1v) is 10.5. The predicted molar refractivity (Wildman–Crippen MR) is 107 cm³/mol. The summed E-state index contributed by atoms with van der Waals surface area (Å²) in [6.45, 7) is 5.76. The number of hydrogen-bond donors (Lipinski definition) is 0. The Morgan fingerprint density at radius 3 is 2.68 bits per heavy atom. The molecular formula is C20H26N2O5S. The van der Waals surface area contributed by atoms with Crippen LogP contribution in [0.15, 0.2) is 11.1 Å². The number of nitrogens with zero attached hydrogens (tertiary/aromatic N) is 2. The Hall–Kier alpha value is -2.22. The number of carbonyl (C=O) groups is 2. The third-order valence-corrected chi connectivity index (χ3v) is 5.98. The minimum Gasteiger partial charge on any atom is -0.461 e. The molecule has 0 saturated heterocycles. The summed E-state index contributed by atoms with van der Waals surface area (Å²) in [7, 11) is 0. The molecule has 8 heteroatoms. The largest absolute Gasteiger partial charge is 0.461 e. The van der Waals surface area contributed by atoms with Gasteiger partial charge in [-0.15, -0.1) is 11.3 Å². The molecule has 1 saturated carbocycles. The van der Waals surface area contributed by atoms with Crippen LogP contribution in [0.3, 0.4) is 0 Å². The Balaban J connectivity index is 1.78. The number of aromatic nitrogens is 2. The van der Waals surface area contributed by atoms with Gasteiger partial charge >= 0.3 is 11.9 Å². The molecule has 2 heterocycles. The third kappa shape index (κ3) is 4.60. The average molecular weight is 407 g/mol. The standard InChI is InChI=1S/C20H26N2O5S/c1-12(2)10-26-20(25)17-13(3)16-18(28-17)21-11-22(19(16)24)9-15(23)27-14-7-5-4-6-8-14/h11-12,14H,4-10H2,1-3H3. The molecule has 0 aromatic carbocycles. The summed E-state index contributed by atoms with van der Waals surface area (Å²) in [5.74, 6) is -0.652. The second kappa shape index (κ2) is 8.86. The highest BCUT2D eigenvalue weighted by atomic mass is 32.1. The molecule has 0 aliphatic heterocycles. The van der Waals surface area contributed by atoms with Gasteiger partial charge in [-0.2, -0.15) is 0 Å². The Labute approximate surface area is 167 Å². The molecule has 0 unspecified atom stereocenters. The molecule has 28 heavy (non-hydrogen) atoms. The molecule has 2 aromatic rings.